The van der Waals surface area contributed by atoms with Crippen LogP contribution in [-0.4, -0.2) is 43.5 Å². The number of rotatable bonds is 4. The van der Waals surface area contributed by atoms with Gasteiger partial charge in [0.1, 0.15) is 0 Å². The predicted molar refractivity (Wildman–Crippen MR) is 50.3 cm³/mol. The van der Waals surface area contributed by atoms with Crippen LogP contribution in [0.5, 0.6) is 0 Å². The van der Waals surface area contributed by atoms with E-state index in [1.807, 2.05) is 0 Å². The van der Waals surface area contributed by atoms with Crippen molar-refractivity contribution in [2.24, 2.45) is 0 Å². The van der Waals surface area contributed by atoms with E-state index in [4.69, 9.17) is 4.74 Å². The summed E-state index contributed by atoms with van der Waals surface area (Å²) in [7, 11) is 2.17. The fourth-order valence-electron chi connectivity index (χ4n) is 1.37. The molecular weight excluding hydrogens is 158 g/mol. The van der Waals surface area contributed by atoms with Gasteiger partial charge in [0.25, 0.3) is 0 Å². The Morgan fingerprint density at radius 1 is 1.64 bits per heavy atom. The highest BCUT2D eigenvalue weighted by Crippen LogP contribution is 2.10. The van der Waals surface area contributed by atoms with Gasteiger partial charge in [-0.05, 0) is 32.2 Å². The second-order valence-corrected chi connectivity index (χ2v) is 3.52. The van der Waals surface area contributed by atoms with Gasteiger partial charge in [0.05, 0.1) is 6.61 Å². The summed E-state index contributed by atoms with van der Waals surface area (Å²) in [6.07, 6.45) is 2.37. The van der Waals surface area contributed by atoms with E-state index < -0.39 is 0 Å². The maximum Gasteiger partial charge on any atom is 0.0622 e. The number of hydrogen-bond acceptors (Lipinski definition) is 3. The van der Waals surface area contributed by atoms with Crippen molar-refractivity contribution in [1.29, 1.82) is 0 Å². The van der Waals surface area contributed by atoms with Gasteiger partial charge in [0, 0.05) is 12.6 Å². The quantitative estimate of drug-likeness (QED) is 0.641. The van der Waals surface area contributed by atoms with Gasteiger partial charge in [0.2, 0.25) is 0 Å². The van der Waals surface area contributed by atoms with Crippen LogP contribution in [0.3, 0.4) is 0 Å². The molecule has 11 heavy (non-hydrogen) atoms. The van der Waals surface area contributed by atoms with E-state index >= 15 is 0 Å². The SMILES string of the molecule is CN(CCCS)C1CCOC1. The lowest BCUT2D eigenvalue weighted by atomic mass is 10.2. The predicted octanol–water partition coefficient (Wildman–Crippen LogP) is 1.03. The van der Waals surface area contributed by atoms with Gasteiger partial charge in [-0.3, -0.25) is 0 Å². The summed E-state index contributed by atoms with van der Waals surface area (Å²) >= 11 is 4.18. The Morgan fingerprint density at radius 2 is 2.45 bits per heavy atom. The van der Waals surface area contributed by atoms with Crippen molar-refractivity contribution < 1.29 is 4.74 Å². The maximum atomic E-state index is 5.30. The van der Waals surface area contributed by atoms with Gasteiger partial charge in [-0.2, -0.15) is 12.6 Å². The monoisotopic (exact) mass is 175 g/mol. The second kappa shape index (κ2) is 5.01. The molecule has 0 spiro atoms. The second-order valence-electron chi connectivity index (χ2n) is 3.08. The number of ether oxygens (including phenoxy) is 1. The lowest BCUT2D eigenvalue weighted by molar-refractivity contribution is 0.159. The molecule has 0 aromatic heterocycles. The van der Waals surface area contributed by atoms with Crippen molar-refractivity contribution >= 4 is 12.6 Å². The number of thiol groups is 1. The van der Waals surface area contributed by atoms with E-state index in [0.29, 0.717) is 6.04 Å². The Kier molecular flexibility index (Phi) is 4.26. The molecule has 0 bridgehead atoms. The van der Waals surface area contributed by atoms with E-state index in [0.717, 1.165) is 25.5 Å². The molecule has 0 aliphatic carbocycles. The standard InChI is InChI=1S/C8H17NOS/c1-9(4-2-6-11)8-3-5-10-7-8/h8,11H,2-7H2,1H3. The normalized spacial score (nSPS) is 24.8. The first-order valence-electron chi connectivity index (χ1n) is 4.23. The molecule has 0 aromatic carbocycles. The number of nitrogens with zero attached hydrogens (tertiary/aromatic N) is 1. The van der Waals surface area contributed by atoms with Crippen LogP contribution in [0.4, 0.5) is 0 Å². The highest BCUT2D eigenvalue weighted by molar-refractivity contribution is 7.80. The van der Waals surface area contributed by atoms with Crippen molar-refractivity contribution in [3.05, 3.63) is 0 Å². The van der Waals surface area contributed by atoms with E-state index in [-0.39, 0.29) is 0 Å². The van der Waals surface area contributed by atoms with Crippen LogP contribution in [-0.2, 0) is 4.74 Å². The Bertz CT molecular complexity index is 104. The zero-order chi connectivity index (χ0) is 8.10. The largest absolute Gasteiger partial charge is 0.380 e. The minimum atomic E-state index is 0.662. The Labute approximate surface area is 74.3 Å². The van der Waals surface area contributed by atoms with E-state index in [1.165, 1.54) is 12.8 Å². The van der Waals surface area contributed by atoms with Crippen LogP contribution in [0, 0.1) is 0 Å². The molecule has 0 saturated carbocycles. The molecule has 0 N–H and O–H groups in total. The first-order valence-corrected chi connectivity index (χ1v) is 4.86. The lowest BCUT2D eigenvalue weighted by Gasteiger charge is -2.21. The van der Waals surface area contributed by atoms with E-state index in [9.17, 15) is 0 Å². The number of hydrogen-bond donors (Lipinski definition) is 1. The fraction of sp³-hybridized carbons (Fsp3) is 1.00. The molecule has 0 amide bonds. The molecule has 1 aliphatic rings. The average Bonchev–Trinajstić information content (AvgIpc) is 2.52. The molecule has 2 nitrogen and oxygen atoms in total. The van der Waals surface area contributed by atoms with E-state index in [1.54, 1.807) is 0 Å². The molecule has 1 heterocycles. The third-order valence-corrected chi connectivity index (χ3v) is 2.51. The van der Waals surface area contributed by atoms with Crippen molar-refractivity contribution in [3.63, 3.8) is 0 Å². The maximum absolute atomic E-state index is 5.30. The minimum absolute atomic E-state index is 0.662. The molecule has 1 rings (SSSR count). The van der Waals surface area contributed by atoms with Crippen molar-refractivity contribution in [2.75, 3.05) is 32.6 Å². The highest BCUT2D eigenvalue weighted by atomic mass is 32.1. The van der Waals surface area contributed by atoms with Crippen molar-refractivity contribution in [2.45, 2.75) is 18.9 Å². The molecular formula is C8H17NOS. The lowest BCUT2D eigenvalue weighted by Crippen LogP contribution is -2.32. The summed E-state index contributed by atoms with van der Waals surface area (Å²) < 4.78 is 5.30. The summed E-state index contributed by atoms with van der Waals surface area (Å²) in [5.74, 6) is 0.984. The van der Waals surface area contributed by atoms with Crippen LogP contribution < -0.4 is 0 Å². The van der Waals surface area contributed by atoms with Gasteiger partial charge < -0.3 is 9.64 Å². The van der Waals surface area contributed by atoms with Gasteiger partial charge >= 0.3 is 0 Å². The Balaban J connectivity index is 2.12. The van der Waals surface area contributed by atoms with Crippen LogP contribution in [0.1, 0.15) is 12.8 Å². The third kappa shape index (κ3) is 3.01. The molecule has 1 aliphatic heterocycles. The molecule has 3 heteroatoms. The molecule has 1 fully saturated rings. The molecule has 1 unspecified atom stereocenters. The Hall–Kier alpha value is 0.270. The zero-order valence-electron chi connectivity index (χ0n) is 7.12. The fourth-order valence-corrected chi connectivity index (χ4v) is 1.51. The molecule has 1 saturated heterocycles. The van der Waals surface area contributed by atoms with Gasteiger partial charge in [-0.25, -0.2) is 0 Å². The van der Waals surface area contributed by atoms with Crippen molar-refractivity contribution in [1.82, 2.24) is 4.90 Å². The number of likely N-dealkylation sites (N-methyl/N-ethyl adjacent to an activating group) is 1. The molecule has 1 atom stereocenters. The van der Waals surface area contributed by atoms with Crippen LogP contribution in [0.25, 0.3) is 0 Å². The van der Waals surface area contributed by atoms with Crippen LogP contribution >= 0.6 is 12.6 Å². The van der Waals surface area contributed by atoms with Gasteiger partial charge in [-0.15, -0.1) is 0 Å². The van der Waals surface area contributed by atoms with E-state index in [2.05, 4.69) is 24.6 Å². The smallest absolute Gasteiger partial charge is 0.0622 e. The summed E-state index contributed by atoms with van der Waals surface area (Å²) in [5, 5.41) is 0. The summed E-state index contributed by atoms with van der Waals surface area (Å²) in [6, 6.07) is 0.662. The molecule has 0 radical (unpaired) electrons. The Morgan fingerprint density at radius 3 is 3.00 bits per heavy atom. The topological polar surface area (TPSA) is 12.5 Å². The zero-order valence-corrected chi connectivity index (χ0v) is 8.02. The van der Waals surface area contributed by atoms with Crippen LogP contribution in [0.2, 0.25) is 0 Å². The molecule has 0 aromatic rings. The van der Waals surface area contributed by atoms with Crippen LogP contribution in [0.15, 0.2) is 0 Å². The highest BCUT2D eigenvalue weighted by Gasteiger charge is 2.19. The minimum Gasteiger partial charge on any atom is -0.380 e. The van der Waals surface area contributed by atoms with Gasteiger partial charge in [0.15, 0.2) is 0 Å². The summed E-state index contributed by atoms with van der Waals surface area (Å²) in [4.78, 5) is 2.38. The average molecular weight is 175 g/mol. The van der Waals surface area contributed by atoms with Gasteiger partial charge in [-0.1, -0.05) is 0 Å². The summed E-state index contributed by atoms with van der Waals surface area (Å²) in [5.41, 5.74) is 0. The molecule has 66 valence electrons. The summed E-state index contributed by atoms with van der Waals surface area (Å²) in [6.45, 7) is 3.01. The third-order valence-electron chi connectivity index (χ3n) is 2.20. The first kappa shape index (κ1) is 9.36. The van der Waals surface area contributed by atoms with Crippen molar-refractivity contribution in [3.8, 4) is 0 Å². The first-order chi connectivity index (χ1) is 5.34.